The van der Waals surface area contributed by atoms with Crippen molar-refractivity contribution >= 4 is 22.6 Å². The van der Waals surface area contributed by atoms with Crippen LogP contribution in [0.4, 0.5) is 5.69 Å². The molecule has 1 aliphatic heterocycles. The average Bonchev–Trinajstić information content (AvgIpc) is 3.35. The standard InChI is InChI=1S/C27H27N3O/c1-3-20-11-13-23(14-12-20)29-18-22(16-26(29)31)27-28-24-9-4-5-10-25(24)30(27)17-21-8-6-7-19(2)15-21/h4-15,22H,3,16-18H2,1-2H3. The molecule has 1 atom stereocenters. The van der Waals surface area contributed by atoms with Gasteiger partial charge in [-0.25, -0.2) is 4.98 Å². The lowest BCUT2D eigenvalue weighted by Crippen LogP contribution is -2.24. The molecular weight excluding hydrogens is 382 g/mol. The molecule has 1 amide bonds. The summed E-state index contributed by atoms with van der Waals surface area (Å²) in [5.41, 5.74) is 6.88. The van der Waals surface area contributed by atoms with Gasteiger partial charge in [-0.1, -0.05) is 61.0 Å². The van der Waals surface area contributed by atoms with Gasteiger partial charge in [-0.15, -0.1) is 0 Å². The van der Waals surface area contributed by atoms with Crippen LogP contribution >= 0.6 is 0 Å². The molecule has 0 N–H and O–H groups in total. The summed E-state index contributed by atoms with van der Waals surface area (Å²) in [5.74, 6) is 1.25. The van der Waals surface area contributed by atoms with Crippen molar-refractivity contribution in [2.24, 2.45) is 0 Å². The van der Waals surface area contributed by atoms with Crippen molar-refractivity contribution in [1.29, 1.82) is 0 Å². The first kappa shape index (κ1) is 19.6. The number of carbonyl (C=O) groups is 1. The van der Waals surface area contributed by atoms with Crippen LogP contribution in [-0.2, 0) is 17.8 Å². The van der Waals surface area contributed by atoms with Gasteiger partial charge in [0.2, 0.25) is 5.91 Å². The smallest absolute Gasteiger partial charge is 0.227 e. The van der Waals surface area contributed by atoms with Crippen molar-refractivity contribution in [3.8, 4) is 0 Å². The predicted molar refractivity (Wildman–Crippen MR) is 126 cm³/mol. The van der Waals surface area contributed by atoms with E-state index in [-0.39, 0.29) is 11.8 Å². The highest BCUT2D eigenvalue weighted by Gasteiger charge is 2.34. The molecular formula is C27H27N3O. The second-order valence-corrected chi connectivity index (χ2v) is 8.46. The summed E-state index contributed by atoms with van der Waals surface area (Å²) in [6.45, 7) is 5.69. The summed E-state index contributed by atoms with van der Waals surface area (Å²) in [4.78, 5) is 19.8. The van der Waals surface area contributed by atoms with Crippen LogP contribution in [0.15, 0.2) is 72.8 Å². The maximum absolute atomic E-state index is 12.9. The molecule has 0 spiro atoms. The second kappa shape index (κ2) is 8.03. The van der Waals surface area contributed by atoms with Crippen LogP contribution < -0.4 is 4.90 Å². The number of carbonyl (C=O) groups excluding carboxylic acids is 1. The molecule has 4 nitrogen and oxygen atoms in total. The molecule has 0 radical (unpaired) electrons. The minimum Gasteiger partial charge on any atom is -0.323 e. The van der Waals surface area contributed by atoms with Gasteiger partial charge in [0, 0.05) is 31.1 Å². The molecule has 0 saturated carbocycles. The van der Waals surface area contributed by atoms with E-state index in [0.717, 1.165) is 35.5 Å². The van der Waals surface area contributed by atoms with Crippen molar-refractivity contribution in [3.05, 3.63) is 95.3 Å². The topological polar surface area (TPSA) is 38.1 Å². The summed E-state index contributed by atoms with van der Waals surface area (Å²) in [5, 5.41) is 0. The minimum absolute atomic E-state index is 0.0792. The molecule has 3 aromatic carbocycles. The zero-order valence-electron chi connectivity index (χ0n) is 18.1. The van der Waals surface area contributed by atoms with E-state index < -0.39 is 0 Å². The SMILES string of the molecule is CCc1ccc(N2CC(c3nc4ccccc4n3Cc3cccc(C)c3)CC2=O)cc1. The Morgan fingerprint density at radius 2 is 1.77 bits per heavy atom. The van der Waals surface area contributed by atoms with E-state index in [1.54, 1.807) is 0 Å². The Hall–Kier alpha value is -3.40. The number of aryl methyl sites for hydroxylation is 2. The second-order valence-electron chi connectivity index (χ2n) is 8.46. The van der Waals surface area contributed by atoms with Crippen LogP contribution in [-0.4, -0.2) is 22.0 Å². The van der Waals surface area contributed by atoms with Gasteiger partial charge in [0.15, 0.2) is 0 Å². The summed E-state index contributed by atoms with van der Waals surface area (Å²) in [7, 11) is 0. The van der Waals surface area contributed by atoms with E-state index in [9.17, 15) is 4.79 Å². The average molecular weight is 410 g/mol. The number of nitrogens with zero attached hydrogens (tertiary/aromatic N) is 3. The van der Waals surface area contributed by atoms with Crippen molar-refractivity contribution in [3.63, 3.8) is 0 Å². The highest BCUT2D eigenvalue weighted by molar-refractivity contribution is 5.96. The lowest BCUT2D eigenvalue weighted by atomic mass is 10.1. The third kappa shape index (κ3) is 3.74. The molecule has 0 aliphatic carbocycles. The van der Waals surface area contributed by atoms with Gasteiger partial charge in [0.05, 0.1) is 11.0 Å². The fourth-order valence-corrected chi connectivity index (χ4v) is 4.61. The van der Waals surface area contributed by atoms with E-state index in [4.69, 9.17) is 4.98 Å². The molecule has 156 valence electrons. The van der Waals surface area contributed by atoms with Crippen molar-refractivity contribution in [1.82, 2.24) is 9.55 Å². The molecule has 1 aromatic heterocycles. The van der Waals surface area contributed by atoms with Gasteiger partial charge in [-0.05, 0) is 48.7 Å². The highest BCUT2D eigenvalue weighted by atomic mass is 16.2. The number of rotatable bonds is 5. The number of fused-ring (bicyclic) bond motifs is 1. The molecule has 0 bridgehead atoms. The van der Waals surface area contributed by atoms with Crippen LogP contribution in [0, 0.1) is 6.92 Å². The van der Waals surface area contributed by atoms with Crippen molar-refractivity contribution in [2.45, 2.75) is 39.2 Å². The monoisotopic (exact) mass is 409 g/mol. The first-order chi connectivity index (χ1) is 15.1. The summed E-state index contributed by atoms with van der Waals surface area (Å²) in [6, 6.07) is 25.2. The van der Waals surface area contributed by atoms with E-state index in [1.165, 1.54) is 16.7 Å². The molecule has 1 aliphatic rings. The first-order valence-corrected chi connectivity index (χ1v) is 11.0. The van der Waals surface area contributed by atoms with Crippen molar-refractivity contribution in [2.75, 3.05) is 11.4 Å². The molecule has 1 saturated heterocycles. The van der Waals surface area contributed by atoms with Crippen LogP contribution in [0.5, 0.6) is 0 Å². The summed E-state index contributed by atoms with van der Waals surface area (Å²) < 4.78 is 2.30. The number of anilines is 1. The number of aromatic nitrogens is 2. The van der Waals surface area contributed by atoms with Crippen LogP contribution in [0.3, 0.4) is 0 Å². The van der Waals surface area contributed by atoms with E-state index >= 15 is 0 Å². The Kier molecular flexibility index (Phi) is 5.06. The lowest BCUT2D eigenvalue weighted by Gasteiger charge is -2.18. The van der Waals surface area contributed by atoms with Crippen LogP contribution in [0.1, 0.15) is 41.8 Å². The normalized spacial score (nSPS) is 16.4. The Bertz CT molecular complexity index is 1240. The minimum atomic E-state index is 0.0792. The summed E-state index contributed by atoms with van der Waals surface area (Å²) in [6.07, 6.45) is 1.49. The molecule has 4 heteroatoms. The number of hydrogen-bond donors (Lipinski definition) is 0. The molecule has 1 fully saturated rings. The van der Waals surface area contributed by atoms with Crippen LogP contribution in [0.2, 0.25) is 0 Å². The number of benzene rings is 3. The van der Waals surface area contributed by atoms with Gasteiger partial charge in [0.1, 0.15) is 5.82 Å². The predicted octanol–water partition coefficient (Wildman–Crippen LogP) is 5.48. The number of para-hydroxylation sites is 2. The number of hydrogen-bond acceptors (Lipinski definition) is 2. The molecule has 31 heavy (non-hydrogen) atoms. The van der Waals surface area contributed by atoms with Gasteiger partial charge < -0.3 is 9.47 Å². The summed E-state index contributed by atoms with van der Waals surface area (Å²) >= 11 is 0. The quantitative estimate of drug-likeness (QED) is 0.438. The first-order valence-electron chi connectivity index (χ1n) is 11.0. The van der Waals surface area contributed by atoms with E-state index in [0.29, 0.717) is 13.0 Å². The Labute approximate surface area is 183 Å². The van der Waals surface area contributed by atoms with E-state index in [2.05, 4.69) is 85.1 Å². The van der Waals surface area contributed by atoms with Gasteiger partial charge >= 0.3 is 0 Å². The number of amides is 1. The zero-order chi connectivity index (χ0) is 21.4. The fraction of sp³-hybridized carbons (Fsp3) is 0.259. The van der Waals surface area contributed by atoms with Gasteiger partial charge in [0.25, 0.3) is 0 Å². The largest absolute Gasteiger partial charge is 0.323 e. The molecule has 5 rings (SSSR count). The van der Waals surface area contributed by atoms with Crippen molar-refractivity contribution < 1.29 is 4.79 Å². The lowest BCUT2D eigenvalue weighted by molar-refractivity contribution is -0.117. The maximum atomic E-state index is 12.9. The Balaban J connectivity index is 1.50. The van der Waals surface area contributed by atoms with Gasteiger partial charge in [-0.3, -0.25) is 4.79 Å². The molecule has 2 heterocycles. The third-order valence-electron chi connectivity index (χ3n) is 6.25. The molecule has 1 unspecified atom stereocenters. The third-order valence-corrected chi connectivity index (χ3v) is 6.25. The number of imidazole rings is 1. The van der Waals surface area contributed by atoms with Gasteiger partial charge in [-0.2, -0.15) is 0 Å². The maximum Gasteiger partial charge on any atom is 0.227 e. The Morgan fingerprint density at radius 1 is 0.968 bits per heavy atom. The highest BCUT2D eigenvalue weighted by Crippen LogP contribution is 2.33. The zero-order valence-corrected chi connectivity index (χ0v) is 18.1. The van der Waals surface area contributed by atoms with E-state index in [1.807, 2.05) is 11.0 Å². The van der Waals surface area contributed by atoms with Crippen LogP contribution in [0.25, 0.3) is 11.0 Å². The fourth-order valence-electron chi connectivity index (χ4n) is 4.61. The molecule has 4 aromatic rings. The Morgan fingerprint density at radius 3 is 2.55 bits per heavy atom.